The van der Waals surface area contributed by atoms with Crippen LogP contribution in [0.1, 0.15) is 17.3 Å². The zero-order chi connectivity index (χ0) is 16.8. The number of hydrazine groups is 1. The van der Waals surface area contributed by atoms with Crippen molar-refractivity contribution in [1.82, 2.24) is 10.9 Å². The van der Waals surface area contributed by atoms with Gasteiger partial charge in [-0.3, -0.25) is 20.4 Å². The van der Waals surface area contributed by atoms with Crippen LogP contribution in [0.15, 0.2) is 53.4 Å². The Bertz CT molecular complexity index is 707. The Balaban J connectivity index is 1.86. The number of thioether (sulfide) groups is 1. The molecular formula is C16H14Cl2N2O2S. The maximum atomic E-state index is 12.0. The second-order valence-corrected chi connectivity index (χ2v) is 6.95. The van der Waals surface area contributed by atoms with Crippen molar-refractivity contribution in [2.75, 3.05) is 0 Å². The van der Waals surface area contributed by atoms with E-state index in [9.17, 15) is 9.59 Å². The SMILES string of the molecule is C[C@H](Sc1ccc(Cl)cc1)C(=O)NNC(=O)c1cccc(Cl)c1. The first kappa shape index (κ1) is 17.7. The van der Waals surface area contributed by atoms with Gasteiger partial charge < -0.3 is 0 Å². The number of carbonyl (C=O) groups is 2. The van der Waals surface area contributed by atoms with Gasteiger partial charge in [0, 0.05) is 20.5 Å². The Labute approximate surface area is 148 Å². The van der Waals surface area contributed by atoms with Crippen molar-refractivity contribution in [1.29, 1.82) is 0 Å². The van der Waals surface area contributed by atoms with E-state index in [0.29, 0.717) is 15.6 Å². The Hall–Kier alpha value is -1.69. The van der Waals surface area contributed by atoms with Crippen LogP contribution in [0.2, 0.25) is 10.0 Å². The van der Waals surface area contributed by atoms with Crippen LogP contribution in [-0.2, 0) is 4.79 Å². The molecular weight excluding hydrogens is 355 g/mol. The summed E-state index contributed by atoms with van der Waals surface area (Å²) in [5, 5.41) is 0.715. The molecule has 4 nitrogen and oxygen atoms in total. The van der Waals surface area contributed by atoms with Gasteiger partial charge in [-0.05, 0) is 49.4 Å². The number of nitrogens with one attached hydrogen (secondary N) is 2. The van der Waals surface area contributed by atoms with Gasteiger partial charge in [0.1, 0.15) is 0 Å². The van der Waals surface area contributed by atoms with Crippen molar-refractivity contribution < 1.29 is 9.59 Å². The van der Waals surface area contributed by atoms with Gasteiger partial charge in [0.2, 0.25) is 0 Å². The summed E-state index contributed by atoms with van der Waals surface area (Å²) in [5.41, 5.74) is 5.14. The molecule has 0 saturated carbocycles. The summed E-state index contributed by atoms with van der Waals surface area (Å²) in [6.07, 6.45) is 0. The molecule has 2 N–H and O–H groups in total. The lowest BCUT2D eigenvalue weighted by Gasteiger charge is -2.13. The molecule has 0 heterocycles. The molecule has 0 aliphatic rings. The zero-order valence-electron chi connectivity index (χ0n) is 12.2. The van der Waals surface area contributed by atoms with Crippen LogP contribution >= 0.6 is 35.0 Å². The fraction of sp³-hybridized carbons (Fsp3) is 0.125. The summed E-state index contributed by atoms with van der Waals surface area (Å²) in [7, 11) is 0. The molecule has 2 amide bonds. The molecule has 0 fully saturated rings. The van der Waals surface area contributed by atoms with Crippen molar-refractivity contribution in [2.45, 2.75) is 17.1 Å². The summed E-state index contributed by atoms with van der Waals surface area (Å²) < 4.78 is 0. The highest BCUT2D eigenvalue weighted by atomic mass is 35.5. The maximum Gasteiger partial charge on any atom is 0.269 e. The molecule has 23 heavy (non-hydrogen) atoms. The Morgan fingerprint density at radius 2 is 1.70 bits per heavy atom. The van der Waals surface area contributed by atoms with E-state index in [-0.39, 0.29) is 11.2 Å². The normalized spacial score (nSPS) is 11.6. The molecule has 0 radical (unpaired) electrons. The highest BCUT2D eigenvalue weighted by molar-refractivity contribution is 8.00. The zero-order valence-corrected chi connectivity index (χ0v) is 14.5. The van der Waals surface area contributed by atoms with E-state index < -0.39 is 5.91 Å². The Kier molecular flexibility index (Phi) is 6.33. The standard InChI is InChI=1S/C16H14Cl2N2O2S/c1-10(23-14-7-5-12(17)6-8-14)15(21)19-20-16(22)11-3-2-4-13(18)9-11/h2-10H,1H3,(H,19,21)(H,20,22)/t10-/m0/s1. The number of rotatable bonds is 4. The molecule has 0 aliphatic heterocycles. The van der Waals surface area contributed by atoms with E-state index in [1.807, 2.05) is 12.1 Å². The van der Waals surface area contributed by atoms with Gasteiger partial charge >= 0.3 is 0 Å². The minimum Gasteiger partial charge on any atom is -0.272 e. The first-order valence-electron chi connectivity index (χ1n) is 6.73. The highest BCUT2D eigenvalue weighted by Gasteiger charge is 2.15. The van der Waals surface area contributed by atoms with Crippen LogP contribution < -0.4 is 10.9 Å². The molecule has 120 valence electrons. The van der Waals surface area contributed by atoms with Gasteiger partial charge in [0.25, 0.3) is 11.8 Å². The van der Waals surface area contributed by atoms with Crippen molar-refractivity contribution in [3.63, 3.8) is 0 Å². The predicted molar refractivity (Wildman–Crippen MR) is 93.8 cm³/mol. The molecule has 2 rings (SSSR count). The first-order valence-corrected chi connectivity index (χ1v) is 8.37. The maximum absolute atomic E-state index is 12.0. The topological polar surface area (TPSA) is 58.2 Å². The Morgan fingerprint density at radius 1 is 1.00 bits per heavy atom. The average Bonchev–Trinajstić information content (AvgIpc) is 2.54. The summed E-state index contributed by atoms with van der Waals surface area (Å²) in [5.74, 6) is -0.732. The van der Waals surface area contributed by atoms with Gasteiger partial charge in [0.05, 0.1) is 5.25 Å². The monoisotopic (exact) mass is 368 g/mol. The summed E-state index contributed by atoms with van der Waals surface area (Å²) in [6.45, 7) is 1.75. The van der Waals surface area contributed by atoms with Crippen LogP contribution in [-0.4, -0.2) is 17.1 Å². The number of amides is 2. The van der Waals surface area contributed by atoms with Gasteiger partial charge in [-0.15, -0.1) is 11.8 Å². The number of hydrogen-bond acceptors (Lipinski definition) is 3. The van der Waals surface area contributed by atoms with Crippen molar-refractivity contribution in [2.24, 2.45) is 0 Å². The van der Waals surface area contributed by atoms with Gasteiger partial charge in [-0.1, -0.05) is 29.3 Å². The largest absolute Gasteiger partial charge is 0.272 e. The minimum atomic E-state index is -0.426. The third kappa shape index (κ3) is 5.46. The molecule has 2 aromatic rings. The predicted octanol–water partition coefficient (Wildman–Crippen LogP) is 3.94. The Morgan fingerprint density at radius 3 is 2.35 bits per heavy atom. The molecule has 2 aromatic carbocycles. The fourth-order valence-corrected chi connectivity index (χ4v) is 2.88. The van der Waals surface area contributed by atoms with E-state index in [1.54, 1.807) is 37.3 Å². The fourth-order valence-electron chi connectivity index (χ4n) is 1.69. The van der Waals surface area contributed by atoms with Gasteiger partial charge in [-0.25, -0.2) is 0 Å². The lowest BCUT2D eigenvalue weighted by Crippen LogP contribution is -2.44. The molecule has 0 aliphatic carbocycles. The van der Waals surface area contributed by atoms with E-state index in [4.69, 9.17) is 23.2 Å². The molecule has 0 saturated heterocycles. The third-order valence-electron chi connectivity index (χ3n) is 2.88. The quantitative estimate of drug-likeness (QED) is 0.634. The second-order valence-electron chi connectivity index (χ2n) is 4.67. The number of hydrogen-bond donors (Lipinski definition) is 2. The molecule has 0 unspecified atom stereocenters. The van der Waals surface area contributed by atoms with Crippen LogP contribution in [0.25, 0.3) is 0 Å². The van der Waals surface area contributed by atoms with Gasteiger partial charge in [-0.2, -0.15) is 0 Å². The van der Waals surface area contributed by atoms with Crippen LogP contribution in [0.3, 0.4) is 0 Å². The minimum absolute atomic E-state index is 0.305. The van der Waals surface area contributed by atoms with Gasteiger partial charge in [0.15, 0.2) is 0 Å². The molecule has 0 aromatic heterocycles. The lowest BCUT2D eigenvalue weighted by molar-refractivity contribution is -0.121. The number of halogens is 2. The van der Waals surface area contributed by atoms with Crippen molar-refractivity contribution in [3.8, 4) is 0 Å². The second kappa shape index (κ2) is 8.24. The number of benzene rings is 2. The molecule has 7 heteroatoms. The highest BCUT2D eigenvalue weighted by Crippen LogP contribution is 2.24. The number of carbonyl (C=O) groups excluding carboxylic acids is 2. The molecule has 0 bridgehead atoms. The van der Waals surface area contributed by atoms with E-state index >= 15 is 0 Å². The van der Waals surface area contributed by atoms with Crippen LogP contribution in [0.5, 0.6) is 0 Å². The molecule has 0 spiro atoms. The first-order chi connectivity index (χ1) is 11.0. The summed E-state index contributed by atoms with van der Waals surface area (Å²) in [6, 6.07) is 13.7. The lowest BCUT2D eigenvalue weighted by atomic mass is 10.2. The van der Waals surface area contributed by atoms with Crippen molar-refractivity contribution >= 4 is 46.8 Å². The summed E-state index contributed by atoms with van der Waals surface area (Å²) >= 11 is 13.0. The average molecular weight is 369 g/mol. The van der Waals surface area contributed by atoms with Crippen molar-refractivity contribution in [3.05, 3.63) is 64.1 Å². The van der Waals surface area contributed by atoms with E-state index in [0.717, 1.165) is 4.90 Å². The van der Waals surface area contributed by atoms with E-state index in [2.05, 4.69) is 10.9 Å². The smallest absolute Gasteiger partial charge is 0.269 e. The van der Waals surface area contributed by atoms with Crippen LogP contribution in [0, 0.1) is 0 Å². The summed E-state index contributed by atoms with van der Waals surface area (Å²) in [4.78, 5) is 24.8. The van der Waals surface area contributed by atoms with Crippen LogP contribution in [0.4, 0.5) is 0 Å². The molecule has 1 atom stereocenters. The third-order valence-corrected chi connectivity index (χ3v) is 4.48. The van der Waals surface area contributed by atoms with E-state index in [1.165, 1.54) is 17.8 Å².